The molecule has 0 radical (unpaired) electrons. The molecular weight excluding hydrogens is 100 g/mol. The number of nitrogens with zero attached hydrogens (tertiary/aromatic N) is 1. The first-order chi connectivity index (χ1) is 3.72. The average molecular weight is 108 g/mol. The second-order valence-electron chi connectivity index (χ2n) is 1.81. The van der Waals surface area contributed by atoms with Crippen LogP contribution in [0.1, 0.15) is 13.8 Å². The van der Waals surface area contributed by atoms with E-state index in [1.807, 2.05) is 19.9 Å². The molecule has 0 aromatic heterocycles. The molecule has 0 spiro atoms. The third kappa shape index (κ3) is 1.59. The lowest BCUT2D eigenvalue weighted by atomic mass is 10.1. The Balaban J connectivity index is 4.20. The highest BCUT2D eigenvalue weighted by Gasteiger charge is 1.97. The largest absolute Gasteiger partial charge is 0.258 e. The summed E-state index contributed by atoms with van der Waals surface area (Å²) in [6.07, 6.45) is 0. The Morgan fingerprint density at radius 1 is 1.62 bits per heavy atom. The maximum atomic E-state index is 8.23. The maximum Gasteiger partial charge on any atom is 0.105 e. The SMILES string of the molecule is CC(C)C(=C=N)C#N. The summed E-state index contributed by atoms with van der Waals surface area (Å²) in [5.41, 5.74) is 0.407. The van der Waals surface area contributed by atoms with Crippen LogP contribution in [-0.4, -0.2) is 5.87 Å². The normalized spacial score (nSPS) is 7.75. The van der Waals surface area contributed by atoms with Gasteiger partial charge in [0.15, 0.2) is 0 Å². The highest BCUT2D eigenvalue weighted by atomic mass is 14.3. The van der Waals surface area contributed by atoms with Crippen molar-refractivity contribution >= 4 is 5.87 Å². The Morgan fingerprint density at radius 2 is 2.12 bits per heavy atom. The number of hydrogen-bond donors (Lipinski definition) is 1. The van der Waals surface area contributed by atoms with Crippen molar-refractivity contribution in [2.24, 2.45) is 5.92 Å². The van der Waals surface area contributed by atoms with Crippen LogP contribution in [0.15, 0.2) is 5.57 Å². The number of nitriles is 1. The molecule has 0 saturated heterocycles. The summed E-state index contributed by atoms with van der Waals surface area (Å²) >= 11 is 0. The van der Waals surface area contributed by atoms with E-state index in [1.165, 1.54) is 0 Å². The van der Waals surface area contributed by atoms with Crippen molar-refractivity contribution in [1.82, 2.24) is 0 Å². The van der Waals surface area contributed by atoms with Crippen LogP contribution in [0.2, 0.25) is 0 Å². The van der Waals surface area contributed by atoms with Gasteiger partial charge in [0.1, 0.15) is 6.07 Å². The van der Waals surface area contributed by atoms with Gasteiger partial charge in [0.2, 0.25) is 0 Å². The third-order valence-corrected chi connectivity index (χ3v) is 0.832. The fourth-order valence-electron chi connectivity index (χ4n) is 0.301. The monoisotopic (exact) mass is 108 g/mol. The van der Waals surface area contributed by atoms with Gasteiger partial charge in [-0.3, -0.25) is 5.41 Å². The molecule has 42 valence electrons. The lowest BCUT2D eigenvalue weighted by molar-refractivity contribution is 0.804. The highest BCUT2D eigenvalue weighted by molar-refractivity contribution is 5.60. The van der Waals surface area contributed by atoms with Crippen LogP contribution in [0, 0.1) is 22.7 Å². The number of allylic oxidation sites excluding steroid dienone is 1. The number of rotatable bonds is 1. The quantitative estimate of drug-likeness (QED) is 0.400. The van der Waals surface area contributed by atoms with Crippen molar-refractivity contribution in [2.75, 3.05) is 0 Å². The molecule has 0 aliphatic carbocycles. The van der Waals surface area contributed by atoms with E-state index < -0.39 is 0 Å². The second kappa shape index (κ2) is 3.01. The van der Waals surface area contributed by atoms with Gasteiger partial charge in [0.05, 0.1) is 5.57 Å². The van der Waals surface area contributed by atoms with Crippen LogP contribution in [0.4, 0.5) is 0 Å². The summed E-state index contributed by atoms with van der Waals surface area (Å²) in [5, 5.41) is 14.8. The minimum absolute atomic E-state index is 0.137. The summed E-state index contributed by atoms with van der Waals surface area (Å²) < 4.78 is 0. The first kappa shape index (κ1) is 6.94. The molecule has 0 rings (SSSR count). The summed E-state index contributed by atoms with van der Waals surface area (Å²) in [4.78, 5) is 0. The summed E-state index contributed by atoms with van der Waals surface area (Å²) in [6.45, 7) is 3.72. The third-order valence-electron chi connectivity index (χ3n) is 0.832. The number of hydrogen-bond acceptors (Lipinski definition) is 2. The van der Waals surface area contributed by atoms with Crippen molar-refractivity contribution in [2.45, 2.75) is 13.8 Å². The molecule has 2 nitrogen and oxygen atoms in total. The Kier molecular flexibility index (Phi) is 2.61. The molecule has 0 aliphatic heterocycles. The molecule has 0 heterocycles. The Bertz CT molecular complexity index is 156. The van der Waals surface area contributed by atoms with Crippen molar-refractivity contribution in [3.8, 4) is 6.07 Å². The Morgan fingerprint density at radius 3 is 2.12 bits per heavy atom. The zero-order valence-electron chi connectivity index (χ0n) is 5.02. The molecule has 0 aliphatic rings. The predicted molar refractivity (Wildman–Crippen MR) is 31.7 cm³/mol. The first-order valence-corrected chi connectivity index (χ1v) is 2.42. The Hall–Kier alpha value is -1.06. The molecule has 0 amide bonds. The van der Waals surface area contributed by atoms with E-state index in [1.54, 1.807) is 0 Å². The van der Waals surface area contributed by atoms with Crippen molar-refractivity contribution in [1.29, 1.82) is 10.7 Å². The molecule has 0 unspecified atom stereocenters. The molecule has 0 fully saturated rings. The van der Waals surface area contributed by atoms with Gasteiger partial charge in [-0.15, -0.1) is 0 Å². The van der Waals surface area contributed by atoms with Gasteiger partial charge >= 0.3 is 0 Å². The van der Waals surface area contributed by atoms with Crippen LogP contribution in [0.25, 0.3) is 0 Å². The van der Waals surface area contributed by atoms with Gasteiger partial charge < -0.3 is 0 Å². The molecule has 1 N–H and O–H groups in total. The van der Waals surface area contributed by atoms with Crippen LogP contribution in [-0.2, 0) is 0 Å². The first-order valence-electron chi connectivity index (χ1n) is 2.42. The molecule has 0 bridgehead atoms. The molecule has 8 heavy (non-hydrogen) atoms. The predicted octanol–water partition coefficient (Wildman–Crippen LogP) is 1.34. The summed E-state index contributed by atoms with van der Waals surface area (Å²) in [5.74, 6) is 2.19. The van der Waals surface area contributed by atoms with E-state index in [0.717, 1.165) is 0 Å². The van der Waals surface area contributed by atoms with Gasteiger partial charge in [0, 0.05) is 0 Å². The fraction of sp³-hybridized carbons (Fsp3) is 0.500. The standard InChI is InChI=1S/C6H8N2/c1-5(2)6(3-7)4-8/h5,7H,1-2H3. The fourth-order valence-corrected chi connectivity index (χ4v) is 0.301. The smallest absolute Gasteiger partial charge is 0.105 e. The molecule has 2 heteroatoms. The van der Waals surface area contributed by atoms with Gasteiger partial charge in [-0.1, -0.05) is 13.8 Å². The number of nitrogens with one attached hydrogen (secondary N) is 1. The minimum Gasteiger partial charge on any atom is -0.258 e. The van der Waals surface area contributed by atoms with E-state index in [2.05, 4.69) is 5.87 Å². The molecule has 0 atom stereocenters. The lowest BCUT2D eigenvalue weighted by Crippen LogP contribution is -1.89. The van der Waals surface area contributed by atoms with Gasteiger partial charge in [0.25, 0.3) is 0 Å². The van der Waals surface area contributed by atoms with Crippen molar-refractivity contribution in [3.63, 3.8) is 0 Å². The summed E-state index contributed by atoms with van der Waals surface area (Å²) in [7, 11) is 0. The van der Waals surface area contributed by atoms with Crippen LogP contribution >= 0.6 is 0 Å². The maximum absolute atomic E-state index is 8.23. The van der Waals surface area contributed by atoms with E-state index in [-0.39, 0.29) is 5.92 Å². The molecular formula is C6H8N2. The summed E-state index contributed by atoms with van der Waals surface area (Å²) in [6, 6.07) is 1.87. The van der Waals surface area contributed by atoms with Gasteiger partial charge in [-0.25, -0.2) is 0 Å². The van der Waals surface area contributed by atoms with E-state index in [9.17, 15) is 0 Å². The zero-order valence-corrected chi connectivity index (χ0v) is 5.02. The van der Waals surface area contributed by atoms with Crippen LogP contribution in [0.3, 0.4) is 0 Å². The van der Waals surface area contributed by atoms with Crippen LogP contribution in [0.5, 0.6) is 0 Å². The van der Waals surface area contributed by atoms with Gasteiger partial charge in [-0.2, -0.15) is 5.26 Å². The molecule has 0 aromatic carbocycles. The Labute approximate surface area is 49.0 Å². The van der Waals surface area contributed by atoms with Crippen molar-refractivity contribution < 1.29 is 0 Å². The van der Waals surface area contributed by atoms with E-state index >= 15 is 0 Å². The zero-order chi connectivity index (χ0) is 6.57. The molecule has 0 saturated carbocycles. The topological polar surface area (TPSA) is 47.6 Å². The van der Waals surface area contributed by atoms with Gasteiger partial charge in [-0.05, 0) is 11.8 Å². The van der Waals surface area contributed by atoms with Crippen molar-refractivity contribution in [3.05, 3.63) is 5.57 Å². The minimum atomic E-state index is 0.137. The van der Waals surface area contributed by atoms with Crippen LogP contribution < -0.4 is 0 Å². The lowest BCUT2D eigenvalue weighted by Gasteiger charge is -1.93. The average Bonchev–Trinajstić information content (AvgIpc) is 1.69. The van der Waals surface area contributed by atoms with E-state index in [0.29, 0.717) is 5.57 Å². The molecule has 0 aromatic rings. The second-order valence-corrected chi connectivity index (χ2v) is 1.81. The highest BCUT2D eigenvalue weighted by Crippen LogP contribution is 2.01. The van der Waals surface area contributed by atoms with E-state index in [4.69, 9.17) is 10.7 Å².